The summed E-state index contributed by atoms with van der Waals surface area (Å²) in [7, 11) is 0. The van der Waals surface area contributed by atoms with Crippen molar-refractivity contribution >= 4 is 17.4 Å². The predicted octanol–water partition coefficient (Wildman–Crippen LogP) is 0.283. The van der Waals surface area contributed by atoms with E-state index in [4.69, 9.17) is 22.5 Å². The maximum absolute atomic E-state index is 8.19. The lowest BCUT2D eigenvalue weighted by molar-refractivity contribution is 0.316. The molecule has 0 bridgehead atoms. The summed E-state index contributed by atoms with van der Waals surface area (Å²) in [5, 5.41) is 15.3. The first-order valence-electron chi connectivity index (χ1n) is 2.86. The fourth-order valence-electron chi connectivity index (χ4n) is 0.622. The van der Waals surface area contributed by atoms with Gasteiger partial charge in [-0.05, 0) is 0 Å². The van der Waals surface area contributed by atoms with Crippen molar-refractivity contribution < 1.29 is 5.21 Å². The van der Waals surface area contributed by atoms with Crippen LogP contribution in [0, 0.1) is 0 Å². The Bertz CT molecular complexity index is 269. The molecule has 3 N–H and O–H groups in total. The number of rotatable bonds is 2. The largest absolute Gasteiger partial charge is 0.409 e. The zero-order valence-electron chi connectivity index (χ0n) is 5.61. The number of hydrogen-bond donors (Lipinski definition) is 2. The third kappa shape index (κ3) is 2.12. The van der Waals surface area contributed by atoms with Gasteiger partial charge in [0.25, 0.3) is 0 Å². The summed E-state index contributed by atoms with van der Waals surface area (Å²) in [6.45, 7) is 0.239. The van der Waals surface area contributed by atoms with Crippen molar-refractivity contribution in [2.24, 2.45) is 10.9 Å². The molecule has 0 spiro atoms. The zero-order valence-corrected chi connectivity index (χ0v) is 6.36. The van der Waals surface area contributed by atoms with E-state index >= 15 is 0 Å². The first-order chi connectivity index (χ1) is 5.22. The number of hydrogen-bond acceptors (Lipinski definition) is 3. The highest BCUT2D eigenvalue weighted by molar-refractivity contribution is 6.30. The van der Waals surface area contributed by atoms with Crippen LogP contribution in [0.5, 0.6) is 0 Å². The average Bonchev–Trinajstić information content (AvgIpc) is 2.35. The van der Waals surface area contributed by atoms with Crippen molar-refractivity contribution in [3.8, 4) is 0 Å². The van der Waals surface area contributed by atoms with Gasteiger partial charge < -0.3 is 10.9 Å². The Labute approximate surface area is 68.1 Å². The maximum atomic E-state index is 8.19. The molecular weight excluding hydrogens is 168 g/mol. The van der Waals surface area contributed by atoms with Crippen molar-refractivity contribution in [2.75, 3.05) is 0 Å². The van der Waals surface area contributed by atoms with Gasteiger partial charge in [0.05, 0.1) is 11.2 Å². The number of aromatic nitrogens is 2. The smallest absolute Gasteiger partial charge is 0.160 e. The van der Waals surface area contributed by atoms with Crippen molar-refractivity contribution in [1.82, 2.24) is 9.78 Å². The molecule has 1 heterocycles. The number of nitrogens with two attached hydrogens (primary N) is 1. The summed E-state index contributed by atoms with van der Waals surface area (Å²) in [5.41, 5.74) is 5.21. The summed E-state index contributed by atoms with van der Waals surface area (Å²) in [6.07, 6.45) is 3.06. The van der Waals surface area contributed by atoms with Gasteiger partial charge in [-0.1, -0.05) is 16.8 Å². The van der Waals surface area contributed by atoms with E-state index in [2.05, 4.69) is 10.3 Å². The SMILES string of the molecule is N/C(Cn1cc(Cl)cn1)=N/O. The number of nitrogens with zero attached hydrogens (tertiary/aromatic N) is 3. The molecular formula is C5H7ClN4O. The van der Waals surface area contributed by atoms with Gasteiger partial charge in [-0.25, -0.2) is 0 Å². The quantitative estimate of drug-likeness (QED) is 0.293. The summed E-state index contributed by atoms with van der Waals surface area (Å²) >= 11 is 5.56. The molecule has 0 radical (unpaired) electrons. The van der Waals surface area contributed by atoms with Gasteiger partial charge in [0.1, 0.15) is 6.54 Å². The normalized spacial score (nSPS) is 11.9. The van der Waals surface area contributed by atoms with E-state index in [-0.39, 0.29) is 12.4 Å². The van der Waals surface area contributed by atoms with E-state index in [9.17, 15) is 0 Å². The van der Waals surface area contributed by atoms with Crippen LogP contribution in [0.25, 0.3) is 0 Å². The fourth-order valence-corrected chi connectivity index (χ4v) is 0.779. The predicted molar refractivity (Wildman–Crippen MR) is 40.6 cm³/mol. The lowest BCUT2D eigenvalue weighted by Crippen LogP contribution is -2.19. The maximum Gasteiger partial charge on any atom is 0.160 e. The van der Waals surface area contributed by atoms with Crippen molar-refractivity contribution in [2.45, 2.75) is 6.54 Å². The Morgan fingerprint density at radius 2 is 2.64 bits per heavy atom. The molecule has 1 rings (SSSR count). The minimum atomic E-state index is 0.0877. The first kappa shape index (κ1) is 7.87. The molecule has 0 aromatic carbocycles. The molecule has 60 valence electrons. The van der Waals surface area contributed by atoms with E-state index in [0.717, 1.165) is 0 Å². The number of amidine groups is 1. The molecule has 5 nitrogen and oxygen atoms in total. The Kier molecular flexibility index (Phi) is 2.32. The van der Waals surface area contributed by atoms with Crippen LogP contribution in [0.2, 0.25) is 5.02 Å². The molecule has 11 heavy (non-hydrogen) atoms. The molecule has 0 aliphatic heterocycles. The van der Waals surface area contributed by atoms with Crippen molar-refractivity contribution in [3.05, 3.63) is 17.4 Å². The molecule has 0 fully saturated rings. The van der Waals surface area contributed by atoms with Gasteiger partial charge in [0.15, 0.2) is 5.84 Å². The van der Waals surface area contributed by atoms with Crippen molar-refractivity contribution in [1.29, 1.82) is 0 Å². The van der Waals surface area contributed by atoms with Crippen LogP contribution in [-0.2, 0) is 6.54 Å². The second-order valence-corrected chi connectivity index (χ2v) is 2.38. The Morgan fingerprint density at radius 1 is 1.91 bits per heavy atom. The highest BCUT2D eigenvalue weighted by Crippen LogP contribution is 2.03. The minimum Gasteiger partial charge on any atom is -0.409 e. The molecule has 0 atom stereocenters. The van der Waals surface area contributed by atoms with Gasteiger partial charge in [0.2, 0.25) is 0 Å². The molecule has 0 aliphatic carbocycles. The second-order valence-electron chi connectivity index (χ2n) is 1.95. The molecule has 0 saturated carbocycles. The van der Waals surface area contributed by atoms with E-state index < -0.39 is 0 Å². The van der Waals surface area contributed by atoms with E-state index in [0.29, 0.717) is 5.02 Å². The lowest BCUT2D eigenvalue weighted by Gasteiger charge is -1.96. The van der Waals surface area contributed by atoms with Gasteiger partial charge in [0, 0.05) is 6.20 Å². The van der Waals surface area contributed by atoms with E-state index in [1.54, 1.807) is 6.20 Å². The van der Waals surface area contributed by atoms with Crippen LogP contribution < -0.4 is 5.73 Å². The number of oxime groups is 1. The Balaban J connectivity index is 2.65. The van der Waals surface area contributed by atoms with Crippen LogP contribution >= 0.6 is 11.6 Å². The Morgan fingerprint density at radius 3 is 3.09 bits per heavy atom. The highest BCUT2D eigenvalue weighted by atomic mass is 35.5. The highest BCUT2D eigenvalue weighted by Gasteiger charge is 1.97. The third-order valence-corrected chi connectivity index (χ3v) is 1.25. The van der Waals surface area contributed by atoms with E-state index in [1.807, 2.05) is 0 Å². The Hall–Kier alpha value is -1.23. The summed E-state index contributed by atoms with van der Waals surface area (Å²) in [5.74, 6) is 0.0877. The molecule has 6 heteroatoms. The molecule has 1 aromatic heterocycles. The standard InChI is InChI=1S/C5H7ClN4O/c6-4-1-8-10(2-4)3-5(7)9-11/h1-2,11H,3H2,(H2,7,9). The molecule has 0 unspecified atom stereocenters. The van der Waals surface area contributed by atoms with Crippen LogP contribution in [0.1, 0.15) is 0 Å². The van der Waals surface area contributed by atoms with E-state index in [1.165, 1.54) is 10.9 Å². The molecule has 0 aliphatic rings. The topological polar surface area (TPSA) is 76.4 Å². The van der Waals surface area contributed by atoms with Gasteiger partial charge in [-0.3, -0.25) is 4.68 Å². The van der Waals surface area contributed by atoms with Gasteiger partial charge >= 0.3 is 0 Å². The summed E-state index contributed by atoms with van der Waals surface area (Å²) < 4.78 is 1.47. The first-order valence-corrected chi connectivity index (χ1v) is 3.24. The van der Waals surface area contributed by atoms with Crippen molar-refractivity contribution in [3.63, 3.8) is 0 Å². The fraction of sp³-hybridized carbons (Fsp3) is 0.200. The zero-order chi connectivity index (χ0) is 8.27. The van der Waals surface area contributed by atoms with Gasteiger partial charge in [-0.15, -0.1) is 0 Å². The third-order valence-electron chi connectivity index (χ3n) is 1.05. The number of halogens is 1. The minimum absolute atomic E-state index is 0.0877. The summed E-state index contributed by atoms with van der Waals surface area (Å²) in [4.78, 5) is 0. The molecule has 0 amide bonds. The second kappa shape index (κ2) is 3.25. The molecule has 0 saturated heterocycles. The molecule has 1 aromatic rings. The van der Waals surface area contributed by atoms with Crippen LogP contribution in [0.3, 0.4) is 0 Å². The van der Waals surface area contributed by atoms with Crippen LogP contribution in [-0.4, -0.2) is 20.8 Å². The van der Waals surface area contributed by atoms with Crippen LogP contribution in [0.4, 0.5) is 0 Å². The van der Waals surface area contributed by atoms with Gasteiger partial charge in [-0.2, -0.15) is 5.10 Å². The monoisotopic (exact) mass is 174 g/mol. The lowest BCUT2D eigenvalue weighted by atomic mass is 10.6. The average molecular weight is 175 g/mol. The van der Waals surface area contributed by atoms with Crippen LogP contribution in [0.15, 0.2) is 17.5 Å². The summed E-state index contributed by atoms with van der Waals surface area (Å²) in [6, 6.07) is 0.